The van der Waals surface area contributed by atoms with Gasteiger partial charge in [-0.05, 0) is 36.4 Å². The molecule has 22 heavy (non-hydrogen) atoms. The third-order valence-electron chi connectivity index (χ3n) is 3.25. The van der Waals surface area contributed by atoms with E-state index in [4.69, 9.17) is 16.0 Å². The van der Waals surface area contributed by atoms with Crippen molar-refractivity contribution >= 4 is 23.2 Å². The largest absolute Gasteiger partial charge is 0.467 e. The number of benzene rings is 1. The maximum absolute atomic E-state index is 12.2. The summed E-state index contributed by atoms with van der Waals surface area (Å²) in [5, 5.41) is 6.69. The van der Waals surface area contributed by atoms with Crippen LogP contribution >= 0.6 is 11.6 Å². The molecule has 0 bridgehead atoms. The molecule has 3 rings (SSSR count). The van der Waals surface area contributed by atoms with Gasteiger partial charge in [0.1, 0.15) is 18.0 Å². The van der Waals surface area contributed by atoms with Gasteiger partial charge in [-0.15, -0.1) is 0 Å². The van der Waals surface area contributed by atoms with E-state index in [2.05, 4.69) is 27.0 Å². The molecule has 0 radical (unpaired) electrons. The fraction of sp³-hybridized carbons (Fsp3) is 0.214. The third-order valence-corrected chi connectivity index (χ3v) is 3.51. The number of carbonyl (C=O) groups is 1. The summed E-state index contributed by atoms with van der Waals surface area (Å²) >= 11 is 5.86. The van der Waals surface area contributed by atoms with Crippen molar-refractivity contribution in [2.45, 2.75) is 18.8 Å². The molecule has 0 spiro atoms. The second-order valence-electron chi connectivity index (χ2n) is 4.82. The van der Waals surface area contributed by atoms with Crippen LogP contribution in [0, 0.1) is 0 Å². The first-order valence-electron chi connectivity index (χ1n) is 6.80. The molecule has 1 fully saturated rings. The Morgan fingerprint density at radius 3 is 2.77 bits per heavy atom. The van der Waals surface area contributed by atoms with E-state index in [1.807, 2.05) is 18.2 Å². The van der Waals surface area contributed by atoms with Crippen molar-refractivity contribution in [1.29, 1.82) is 0 Å². The van der Waals surface area contributed by atoms with Crippen LogP contribution < -0.4 is 27.0 Å². The minimum absolute atomic E-state index is 0.152. The molecule has 1 aliphatic heterocycles. The molecule has 5 N–H and O–H groups in total. The van der Waals surface area contributed by atoms with Gasteiger partial charge in [-0.1, -0.05) is 11.6 Å². The van der Waals surface area contributed by atoms with Crippen LogP contribution in [-0.4, -0.2) is 18.1 Å². The zero-order valence-corrected chi connectivity index (χ0v) is 12.4. The highest BCUT2D eigenvalue weighted by atomic mass is 35.5. The highest BCUT2D eigenvalue weighted by Gasteiger charge is 2.32. The summed E-state index contributed by atoms with van der Waals surface area (Å²) in [4.78, 5) is 12.2. The normalized spacial score (nSPS) is 20.8. The average Bonchev–Trinajstić information content (AvgIpc) is 3.18. The molecular formula is C14H16ClN5O2. The van der Waals surface area contributed by atoms with Crippen molar-refractivity contribution in [3.05, 3.63) is 53.4 Å². The first-order valence-corrected chi connectivity index (χ1v) is 7.18. The van der Waals surface area contributed by atoms with Gasteiger partial charge in [0, 0.05) is 10.7 Å². The number of hydrogen-bond donors (Lipinski definition) is 5. The van der Waals surface area contributed by atoms with Crippen LogP contribution in [0.1, 0.15) is 5.76 Å². The first-order chi connectivity index (χ1) is 10.7. The van der Waals surface area contributed by atoms with Gasteiger partial charge < -0.3 is 15.1 Å². The zero-order chi connectivity index (χ0) is 15.4. The number of nitrogens with one attached hydrogen (secondary N) is 5. The second kappa shape index (κ2) is 6.80. The van der Waals surface area contributed by atoms with Gasteiger partial charge >= 0.3 is 0 Å². The number of hydrazine groups is 2. The highest BCUT2D eigenvalue weighted by Crippen LogP contribution is 2.15. The molecule has 2 unspecified atom stereocenters. The van der Waals surface area contributed by atoms with Gasteiger partial charge in [0.15, 0.2) is 0 Å². The van der Waals surface area contributed by atoms with Gasteiger partial charge in [-0.25, -0.2) is 10.9 Å². The molecule has 1 aliphatic rings. The lowest BCUT2D eigenvalue weighted by atomic mass is 10.2. The summed E-state index contributed by atoms with van der Waals surface area (Å²) in [7, 11) is 0. The van der Waals surface area contributed by atoms with Gasteiger partial charge in [-0.2, -0.15) is 5.53 Å². The number of amides is 1. The van der Waals surface area contributed by atoms with Crippen molar-refractivity contribution in [3.63, 3.8) is 0 Å². The predicted molar refractivity (Wildman–Crippen MR) is 82.6 cm³/mol. The summed E-state index contributed by atoms with van der Waals surface area (Å²) < 4.78 is 5.19. The Hall–Kier alpha value is -2.06. The zero-order valence-electron chi connectivity index (χ0n) is 11.6. The lowest BCUT2D eigenvalue weighted by Gasteiger charge is -2.19. The van der Waals surface area contributed by atoms with Crippen LogP contribution in [0.25, 0.3) is 0 Å². The van der Waals surface area contributed by atoms with Crippen molar-refractivity contribution in [2.75, 3.05) is 5.32 Å². The van der Waals surface area contributed by atoms with E-state index in [0.717, 1.165) is 5.69 Å². The lowest BCUT2D eigenvalue weighted by Crippen LogP contribution is -2.50. The Balaban J connectivity index is 1.57. The van der Waals surface area contributed by atoms with E-state index in [0.29, 0.717) is 17.3 Å². The Labute approximate surface area is 132 Å². The minimum atomic E-state index is -0.481. The van der Waals surface area contributed by atoms with Crippen molar-refractivity contribution in [3.8, 4) is 0 Å². The smallest absolute Gasteiger partial charge is 0.242 e. The van der Waals surface area contributed by atoms with E-state index in [1.54, 1.807) is 24.5 Å². The molecule has 2 aromatic rings. The molecule has 2 heterocycles. The molecule has 1 aromatic heterocycles. The molecule has 1 saturated heterocycles. The molecule has 7 nitrogen and oxygen atoms in total. The number of anilines is 1. The Bertz CT molecular complexity index is 617. The summed E-state index contributed by atoms with van der Waals surface area (Å²) in [5.74, 6) is 0.551. The number of halogens is 1. The summed E-state index contributed by atoms with van der Waals surface area (Å²) in [6.45, 7) is 0.345. The number of carbonyl (C=O) groups excluding carboxylic acids is 1. The fourth-order valence-corrected chi connectivity index (χ4v) is 2.25. The quantitative estimate of drug-likeness (QED) is 0.564. The maximum atomic E-state index is 12.2. The Morgan fingerprint density at radius 2 is 2.05 bits per heavy atom. The number of furan rings is 1. The van der Waals surface area contributed by atoms with E-state index >= 15 is 0 Å². The third kappa shape index (κ3) is 3.58. The molecular weight excluding hydrogens is 306 g/mol. The summed E-state index contributed by atoms with van der Waals surface area (Å²) in [5.41, 5.74) is 9.44. The molecule has 116 valence electrons. The minimum Gasteiger partial charge on any atom is -0.467 e. The van der Waals surface area contributed by atoms with E-state index in [1.165, 1.54) is 0 Å². The van der Waals surface area contributed by atoms with Crippen LogP contribution in [0.3, 0.4) is 0 Å². The van der Waals surface area contributed by atoms with Crippen LogP contribution in [-0.2, 0) is 11.3 Å². The molecule has 1 amide bonds. The SMILES string of the molecule is O=C(NCc1ccco1)C1NNNC1Nc1ccc(Cl)cc1. The highest BCUT2D eigenvalue weighted by molar-refractivity contribution is 6.30. The van der Waals surface area contributed by atoms with Crippen molar-refractivity contribution in [1.82, 2.24) is 21.7 Å². The number of hydrogen-bond acceptors (Lipinski definition) is 6. The second-order valence-corrected chi connectivity index (χ2v) is 5.25. The van der Waals surface area contributed by atoms with Gasteiger partial charge in [0.2, 0.25) is 5.91 Å². The fourth-order valence-electron chi connectivity index (χ4n) is 2.12. The Kier molecular flexibility index (Phi) is 4.59. The summed E-state index contributed by atoms with van der Waals surface area (Å²) in [6, 6.07) is 10.4. The first kappa shape index (κ1) is 14.9. The molecule has 8 heteroatoms. The van der Waals surface area contributed by atoms with Gasteiger partial charge in [-0.3, -0.25) is 4.79 Å². The molecule has 0 aliphatic carbocycles. The molecule has 2 atom stereocenters. The van der Waals surface area contributed by atoms with Crippen molar-refractivity contribution in [2.24, 2.45) is 0 Å². The van der Waals surface area contributed by atoms with Crippen LogP contribution in [0.2, 0.25) is 5.02 Å². The van der Waals surface area contributed by atoms with E-state index < -0.39 is 6.04 Å². The van der Waals surface area contributed by atoms with Gasteiger partial charge in [0.25, 0.3) is 0 Å². The number of rotatable bonds is 5. The van der Waals surface area contributed by atoms with Crippen molar-refractivity contribution < 1.29 is 9.21 Å². The molecule has 1 aromatic carbocycles. The predicted octanol–water partition coefficient (Wildman–Crippen LogP) is 0.968. The standard InChI is InChI=1S/C14H16ClN5O2/c15-9-3-5-10(6-4-9)17-13-12(18-20-19-13)14(21)16-8-11-2-1-7-22-11/h1-7,12-13,17-20H,8H2,(H,16,21). The lowest BCUT2D eigenvalue weighted by molar-refractivity contribution is -0.123. The van der Waals surface area contributed by atoms with Crippen LogP contribution in [0.4, 0.5) is 5.69 Å². The van der Waals surface area contributed by atoms with Crippen LogP contribution in [0.15, 0.2) is 47.1 Å². The maximum Gasteiger partial charge on any atom is 0.242 e. The summed E-state index contributed by atoms with van der Waals surface area (Å²) in [6.07, 6.45) is 1.27. The topological polar surface area (TPSA) is 90.4 Å². The Morgan fingerprint density at radius 1 is 1.23 bits per heavy atom. The molecule has 0 saturated carbocycles. The van der Waals surface area contributed by atoms with Crippen LogP contribution in [0.5, 0.6) is 0 Å². The average molecular weight is 322 g/mol. The van der Waals surface area contributed by atoms with E-state index in [-0.39, 0.29) is 12.1 Å². The monoisotopic (exact) mass is 321 g/mol. The van der Waals surface area contributed by atoms with Gasteiger partial charge in [0.05, 0.1) is 12.8 Å². The van der Waals surface area contributed by atoms with E-state index in [9.17, 15) is 4.79 Å².